The summed E-state index contributed by atoms with van der Waals surface area (Å²) in [5, 5.41) is 20.4. The van der Waals surface area contributed by atoms with Gasteiger partial charge in [0, 0.05) is 12.0 Å². The number of hydrogen-bond donors (Lipinski definition) is 1. The second kappa shape index (κ2) is 2.39. The number of rotatable bonds is 0. The van der Waals surface area contributed by atoms with Gasteiger partial charge in [-0.1, -0.05) is 5.75 Å². The highest BCUT2D eigenvalue weighted by molar-refractivity contribution is 5.60. The predicted molar refractivity (Wildman–Crippen MR) is 49.8 cm³/mol. The van der Waals surface area contributed by atoms with Crippen LogP contribution in [0, 0.1) is 0 Å². The fraction of sp³-hybridized carbons (Fsp3) is 0.400. The second-order valence-electron chi connectivity index (χ2n) is 4.11. The predicted octanol–water partition coefficient (Wildman–Crippen LogP) is 0.589. The zero-order valence-corrected chi connectivity index (χ0v) is 7.87. The van der Waals surface area contributed by atoms with Crippen molar-refractivity contribution in [2.75, 3.05) is 20.6 Å². The molecule has 0 unspecified atom stereocenters. The topological polar surface area (TPSA) is 43.3 Å². The van der Waals surface area contributed by atoms with Crippen molar-refractivity contribution in [1.82, 2.24) is 4.48 Å². The van der Waals surface area contributed by atoms with Crippen LogP contribution in [0.5, 0.6) is 11.5 Å². The second-order valence-corrected chi connectivity index (χ2v) is 4.11. The van der Waals surface area contributed by atoms with Gasteiger partial charge in [0.1, 0.15) is 11.4 Å². The van der Waals surface area contributed by atoms with E-state index in [0.717, 1.165) is 28.7 Å². The number of hydrogen-bond acceptors (Lipinski definition) is 2. The average Bonchev–Trinajstić information content (AvgIpc) is 2.31. The van der Waals surface area contributed by atoms with Gasteiger partial charge in [-0.3, -0.25) is 4.48 Å². The molecule has 0 fully saturated rings. The Balaban J connectivity index is 2.61. The highest BCUT2D eigenvalue weighted by Crippen LogP contribution is 2.38. The van der Waals surface area contributed by atoms with Crippen molar-refractivity contribution in [2.45, 2.75) is 6.42 Å². The quantitative estimate of drug-likeness (QED) is 0.592. The van der Waals surface area contributed by atoms with Crippen molar-refractivity contribution >= 4 is 5.69 Å². The minimum absolute atomic E-state index is 0.124. The molecule has 0 saturated heterocycles. The van der Waals surface area contributed by atoms with E-state index in [1.165, 1.54) is 0 Å². The number of fused-ring (bicyclic) bond motifs is 1. The van der Waals surface area contributed by atoms with Gasteiger partial charge in [0.05, 0.1) is 20.6 Å². The molecule has 0 radical (unpaired) electrons. The van der Waals surface area contributed by atoms with Gasteiger partial charge in [-0.2, -0.15) is 0 Å². The maximum Gasteiger partial charge on any atom is 0.135 e. The molecule has 13 heavy (non-hydrogen) atoms. The smallest absolute Gasteiger partial charge is 0.135 e. The van der Waals surface area contributed by atoms with Crippen molar-refractivity contribution in [3.05, 3.63) is 17.7 Å². The summed E-state index contributed by atoms with van der Waals surface area (Å²) in [7, 11) is 4.14. The summed E-state index contributed by atoms with van der Waals surface area (Å²) in [6.45, 7) is 0.998. The molecule has 0 amide bonds. The van der Waals surface area contributed by atoms with Crippen molar-refractivity contribution < 1.29 is 10.2 Å². The van der Waals surface area contributed by atoms with Gasteiger partial charge in [-0.05, 0) is 12.1 Å². The fourth-order valence-corrected chi connectivity index (χ4v) is 1.89. The van der Waals surface area contributed by atoms with E-state index in [2.05, 4.69) is 14.1 Å². The minimum atomic E-state index is -0.271. The molecule has 0 aliphatic carbocycles. The molecular formula is C10H13NO2. The molecule has 1 N–H and O–H groups in total. The van der Waals surface area contributed by atoms with Crippen molar-refractivity contribution in [2.24, 2.45) is 0 Å². The largest absolute Gasteiger partial charge is 0.870 e. The van der Waals surface area contributed by atoms with Crippen LogP contribution in [0.1, 0.15) is 5.56 Å². The Morgan fingerprint density at radius 3 is 2.77 bits per heavy atom. The van der Waals surface area contributed by atoms with Gasteiger partial charge in [-0.15, -0.1) is 0 Å². The lowest BCUT2D eigenvalue weighted by Gasteiger charge is -2.25. The molecule has 1 heterocycles. The van der Waals surface area contributed by atoms with Gasteiger partial charge >= 0.3 is 0 Å². The number of phenolic OH excluding ortho intramolecular Hbond substituents is 1. The van der Waals surface area contributed by atoms with Gasteiger partial charge in [0.2, 0.25) is 0 Å². The Bertz CT molecular complexity index is 358. The highest BCUT2D eigenvalue weighted by atomic mass is 16.3. The van der Waals surface area contributed by atoms with Gasteiger partial charge in [0.25, 0.3) is 0 Å². The molecule has 0 atom stereocenters. The molecular weight excluding hydrogens is 166 g/mol. The number of phenols is 1. The first-order valence-corrected chi connectivity index (χ1v) is 4.37. The van der Waals surface area contributed by atoms with Crippen LogP contribution in [0.3, 0.4) is 0 Å². The fourth-order valence-electron chi connectivity index (χ4n) is 1.89. The maximum absolute atomic E-state index is 11.2. The van der Waals surface area contributed by atoms with Crippen molar-refractivity contribution in [1.29, 1.82) is 0 Å². The average molecular weight is 179 g/mol. The number of quaternary nitrogens is 1. The van der Waals surface area contributed by atoms with Gasteiger partial charge < -0.3 is 10.2 Å². The third-order valence-electron chi connectivity index (χ3n) is 2.75. The maximum atomic E-state index is 11.2. The summed E-state index contributed by atoms with van der Waals surface area (Å²) in [5.74, 6) is -0.396. The van der Waals surface area contributed by atoms with Crippen LogP contribution in [0.25, 0.3) is 0 Å². The van der Waals surface area contributed by atoms with E-state index in [1.54, 1.807) is 12.1 Å². The van der Waals surface area contributed by atoms with Crippen LogP contribution in [0.2, 0.25) is 0 Å². The summed E-state index contributed by atoms with van der Waals surface area (Å²) in [4.78, 5) is 0. The standard InChI is InChI=1S/C10H13NO2/c1-11(2)4-3-7-5-9(12)10(13)6-8(7)11/h5-6H,3-4H2,1-2H3,(H-,12,13). The van der Waals surface area contributed by atoms with Crippen LogP contribution in [0.15, 0.2) is 12.1 Å². The highest BCUT2D eigenvalue weighted by Gasteiger charge is 2.29. The molecule has 1 aromatic carbocycles. The Hall–Kier alpha value is -1.22. The Kier molecular flexibility index (Phi) is 1.54. The molecule has 3 nitrogen and oxygen atoms in total. The summed E-state index contributed by atoms with van der Waals surface area (Å²) in [6.07, 6.45) is 0.941. The summed E-state index contributed by atoms with van der Waals surface area (Å²) < 4.78 is 0.741. The summed E-state index contributed by atoms with van der Waals surface area (Å²) in [6, 6.07) is 3.16. The zero-order valence-electron chi connectivity index (χ0n) is 7.87. The van der Waals surface area contributed by atoms with E-state index in [1.807, 2.05) is 0 Å². The molecule has 0 bridgehead atoms. The lowest BCUT2D eigenvalue weighted by molar-refractivity contribution is -0.270. The molecule has 0 aromatic heterocycles. The Morgan fingerprint density at radius 2 is 2.08 bits per heavy atom. The Morgan fingerprint density at radius 1 is 1.38 bits per heavy atom. The number of benzene rings is 1. The van der Waals surface area contributed by atoms with Crippen LogP contribution in [0.4, 0.5) is 5.69 Å². The van der Waals surface area contributed by atoms with E-state index >= 15 is 0 Å². The van der Waals surface area contributed by atoms with E-state index in [-0.39, 0.29) is 11.5 Å². The Labute approximate surface area is 77.4 Å². The molecule has 3 heteroatoms. The molecule has 0 spiro atoms. The van der Waals surface area contributed by atoms with E-state index in [9.17, 15) is 10.2 Å². The number of nitrogens with zero attached hydrogens (tertiary/aromatic N) is 1. The molecule has 1 aliphatic rings. The lowest BCUT2D eigenvalue weighted by atomic mass is 10.1. The number of aromatic hydroxyl groups is 1. The number of likely N-dealkylation sites (N-methyl/N-ethyl adjacent to an activating group) is 1. The van der Waals surface area contributed by atoms with Crippen molar-refractivity contribution in [3.8, 4) is 11.5 Å². The first-order valence-electron chi connectivity index (χ1n) is 4.37. The first kappa shape index (κ1) is 8.38. The van der Waals surface area contributed by atoms with Crippen LogP contribution >= 0.6 is 0 Å². The summed E-state index contributed by atoms with van der Waals surface area (Å²) in [5.41, 5.74) is 2.14. The first-order chi connectivity index (χ1) is 6.00. The third-order valence-corrected chi connectivity index (χ3v) is 2.75. The van der Waals surface area contributed by atoms with E-state index < -0.39 is 0 Å². The monoisotopic (exact) mass is 179 g/mol. The van der Waals surface area contributed by atoms with Crippen LogP contribution < -0.4 is 9.59 Å². The molecule has 0 saturated carbocycles. The van der Waals surface area contributed by atoms with Crippen LogP contribution in [-0.2, 0) is 6.42 Å². The summed E-state index contributed by atoms with van der Waals surface area (Å²) >= 11 is 0. The molecule has 1 aliphatic heterocycles. The third kappa shape index (κ3) is 1.16. The van der Waals surface area contributed by atoms with Crippen LogP contribution in [-0.4, -0.2) is 25.7 Å². The van der Waals surface area contributed by atoms with E-state index in [4.69, 9.17) is 0 Å². The zero-order chi connectivity index (χ0) is 9.64. The SMILES string of the molecule is C[N+]1(C)CCc2cc(O)c([O-])cc21. The molecule has 2 rings (SSSR count). The molecule has 70 valence electrons. The lowest BCUT2D eigenvalue weighted by Crippen LogP contribution is -2.37. The van der Waals surface area contributed by atoms with Gasteiger partial charge in [0.15, 0.2) is 0 Å². The normalized spacial score (nSPS) is 18.6. The van der Waals surface area contributed by atoms with Gasteiger partial charge in [-0.25, -0.2) is 0 Å². The van der Waals surface area contributed by atoms with E-state index in [0.29, 0.717) is 0 Å². The molecule has 1 aromatic rings. The van der Waals surface area contributed by atoms with Crippen molar-refractivity contribution in [3.63, 3.8) is 0 Å². The minimum Gasteiger partial charge on any atom is -0.870 e.